The van der Waals surface area contributed by atoms with Crippen LogP contribution in [-0.2, 0) is 23.1 Å². The Balaban J connectivity index is 2.38. The monoisotopic (exact) mass is 355 g/mol. The summed E-state index contributed by atoms with van der Waals surface area (Å²) in [4.78, 5) is 24.2. The summed E-state index contributed by atoms with van der Waals surface area (Å²) in [6.07, 6.45) is -3.47. The lowest BCUT2D eigenvalue weighted by atomic mass is 9.89. The van der Waals surface area contributed by atoms with Gasteiger partial charge in [-0.25, -0.2) is 0 Å². The van der Waals surface area contributed by atoms with Crippen molar-refractivity contribution in [3.05, 3.63) is 59.0 Å². The smallest absolute Gasteiger partial charge is 0.416 e. The molecule has 0 aliphatic carbocycles. The molecule has 2 rings (SSSR count). The number of rotatable bonds is 5. The fourth-order valence-electron chi connectivity index (χ4n) is 2.19. The Kier molecular flexibility index (Phi) is 4.89. The van der Waals surface area contributed by atoms with E-state index in [1.807, 2.05) is 0 Å². The van der Waals surface area contributed by atoms with Gasteiger partial charge in [-0.1, -0.05) is 12.1 Å². The first kappa shape index (κ1) is 18.5. The average molecular weight is 355 g/mol. The molecule has 6 nitrogen and oxygen atoms in total. The SMILES string of the molecule is CC(NC(=O)c1coc(CN)c1)(C(N)=O)c1cccc(C(F)(F)F)c1. The van der Waals surface area contributed by atoms with E-state index in [0.29, 0.717) is 5.76 Å². The molecule has 134 valence electrons. The van der Waals surface area contributed by atoms with Crippen LogP contribution in [0.25, 0.3) is 0 Å². The number of carbonyl (C=O) groups excluding carboxylic acids is 2. The summed E-state index contributed by atoms with van der Waals surface area (Å²) < 4.78 is 43.7. The summed E-state index contributed by atoms with van der Waals surface area (Å²) in [5.41, 5.74) is 7.89. The van der Waals surface area contributed by atoms with E-state index in [4.69, 9.17) is 15.9 Å². The van der Waals surface area contributed by atoms with Crippen molar-refractivity contribution in [3.8, 4) is 0 Å². The topological polar surface area (TPSA) is 111 Å². The number of nitrogens with two attached hydrogens (primary N) is 2. The number of amides is 2. The molecule has 1 aromatic heterocycles. The van der Waals surface area contributed by atoms with Crippen LogP contribution in [0.1, 0.15) is 34.2 Å². The number of nitrogens with one attached hydrogen (secondary N) is 1. The molecule has 2 amide bonds. The first-order valence-electron chi connectivity index (χ1n) is 7.15. The maximum atomic E-state index is 12.9. The Labute approximate surface area is 141 Å². The van der Waals surface area contributed by atoms with Crippen LogP contribution < -0.4 is 16.8 Å². The molecule has 1 heterocycles. The molecule has 0 spiro atoms. The number of alkyl halides is 3. The summed E-state index contributed by atoms with van der Waals surface area (Å²) in [7, 11) is 0. The molecule has 9 heteroatoms. The van der Waals surface area contributed by atoms with Gasteiger partial charge >= 0.3 is 6.18 Å². The molecule has 0 bridgehead atoms. The van der Waals surface area contributed by atoms with Gasteiger partial charge in [0.1, 0.15) is 17.6 Å². The van der Waals surface area contributed by atoms with Crippen LogP contribution in [0.3, 0.4) is 0 Å². The molecule has 1 aromatic carbocycles. The third-order valence-corrected chi connectivity index (χ3v) is 3.74. The molecule has 25 heavy (non-hydrogen) atoms. The molecular formula is C16H16F3N3O3. The van der Waals surface area contributed by atoms with Crippen LogP contribution in [0.15, 0.2) is 41.0 Å². The first-order chi connectivity index (χ1) is 11.6. The fourth-order valence-corrected chi connectivity index (χ4v) is 2.19. The lowest BCUT2D eigenvalue weighted by molar-refractivity contribution is -0.137. The Morgan fingerprint density at radius 1 is 1.20 bits per heavy atom. The van der Waals surface area contributed by atoms with Gasteiger partial charge in [0.05, 0.1) is 17.7 Å². The molecule has 0 saturated heterocycles. The fraction of sp³-hybridized carbons (Fsp3) is 0.250. The highest BCUT2D eigenvalue weighted by Crippen LogP contribution is 2.32. The highest BCUT2D eigenvalue weighted by molar-refractivity contribution is 5.99. The summed E-state index contributed by atoms with van der Waals surface area (Å²) in [6, 6.07) is 5.40. The van der Waals surface area contributed by atoms with E-state index in [1.165, 1.54) is 19.1 Å². The molecule has 1 atom stereocenters. The summed E-state index contributed by atoms with van der Waals surface area (Å²) >= 11 is 0. The maximum Gasteiger partial charge on any atom is 0.416 e. The normalized spacial score (nSPS) is 14.0. The van der Waals surface area contributed by atoms with Gasteiger partial charge in [-0.05, 0) is 30.7 Å². The zero-order chi connectivity index (χ0) is 18.8. The van der Waals surface area contributed by atoms with E-state index in [2.05, 4.69) is 5.32 Å². The number of carbonyl (C=O) groups is 2. The molecule has 0 aliphatic heterocycles. The van der Waals surface area contributed by atoms with Gasteiger partial charge < -0.3 is 21.2 Å². The van der Waals surface area contributed by atoms with E-state index >= 15 is 0 Å². The quantitative estimate of drug-likeness (QED) is 0.760. The minimum atomic E-state index is -4.60. The number of hydrogen-bond donors (Lipinski definition) is 3. The molecule has 1 unspecified atom stereocenters. The van der Waals surface area contributed by atoms with Gasteiger partial charge in [0.25, 0.3) is 5.91 Å². The number of benzene rings is 1. The number of primary amides is 1. The second-order valence-electron chi connectivity index (χ2n) is 5.53. The van der Waals surface area contributed by atoms with E-state index in [9.17, 15) is 22.8 Å². The number of halogens is 3. The highest BCUT2D eigenvalue weighted by atomic mass is 19.4. The zero-order valence-corrected chi connectivity index (χ0v) is 13.2. The largest absolute Gasteiger partial charge is 0.467 e. The van der Waals surface area contributed by atoms with Crippen LogP contribution in [-0.4, -0.2) is 11.8 Å². The second-order valence-corrected chi connectivity index (χ2v) is 5.53. The van der Waals surface area contributed by atoms with Crippen LogP contribution in [0.5, 0.6) is 0 Å². The zero-order valence-electron chi connectivity index (χ0n) is 13.2. The average Bonchev–Trinajstić information content (AvgIpc) is 3.03. The van der Waals surface area contributed by atoms with Crippen molar-refractivity contribution in [3.63, 3.8) is 0 Å². The Morgan fingerprint density at radius 2 is 1.84 bits per heavy atom. The lowest BCUT2D eigenvalue weighted by Gasteiger charge is -2.28. The molecule has 0 fully saturated rings. The Hall–Kier alpha value is -2.81. The van der Waals surface area contributed by atoms with Crippen molar-refractivity contribution in [1.29, 1.82) is 0 Å². The predicted octanol–water partition coefficient (Wildman–Crippen LogP) is 1.89. The molecule has 0 aliphatic rings. The van der Waals surface area contributed by atoms with Gasteiger partial charge in [0, 0.05) is 0 Å². The van der Waals surface area contributed by atoms with Crippen molar-refractivity contribution < 1.29 is 27.2 Å². The molecule has 2 aromatic rings. The minimum absolute atomic E-state index is 0.0635. The molecule has 0 radical (unpaired) electrons. The minimum Gasteiger partial charge on any atom is -0.467 e. The van der Waals surface area contributed by atoms with Gasteiger partial charge in [-0.2, -0.15) is 13.2 Å². The second kappa shape index (κ2) is 6.60. The summed E-state index contributed by atoms with van der Waals surface area (Å²) in [6.45, 7) is 1.29. The van der Waals surface area contributed by atoms with Crippen molar-refractivity contribution in [2.24, 2.45) is 11.5 Å². The Bertz CT molecular complexity index is 801. The van der Waals surface area contributed by atoms with Gasteiger partial charge in [-0.3, -0.25) is 9.59 Å². The predicted molar refractivity (Wildman–Crippen MR) is 82.1 cm³/mol. The third-order valence-electron chi connectivity index (χ3n) is 3.74. The van der Waals surface area contributed by atoms with Gasteiger partial charge in [0.2, 0.25) is 5.91 Å². The van der Waals surface area contributed by atoms with Gasteiger partial charge in [-0.15, -0.1) is 0 Å². The first-order valence-corrected chi connectivity index (χ1v) is 7.15. The van der Waals surface area contributed by atoms with Crippen molar-refractivity contribution >= 4 is 11.8 Å². The number of furan rings is 1. The third kappa shape index (κ3) is 3.82. The molecular weight excluding hydrogens is 339 g/mol. The van der Waals surface area contributed by atoms with Crippen LogP contribution in [0.2, 0.25) is 0 Å². The molecule has 5 N–H and O–H groups in total. The van der Waals surface area contributed by atoms with Crippen molar-refractivity contribution in [1.82, 2.24) is 5.32 Å². The van der Waals surface area contributed by atoms with Crippen LogP contribution in [0.4, 0.5) is 13.2 Å². The number of hydrogen-bond acceptors (Lipinski definition) is 4. The van der Waals surface area contributed by atoms with Crippen LogP contribution in [0, 0.1) is 0 Å². The van der Waals surface area contributed by atoms with E-state index in [0.717, 1.165) is 24.5 Å². The summed E-state index contributed by atoms with van der Waals surface area (Å²) in [5.74, 6) is -1.41. The standard InChI is InChI=1S/C16H16F3N3O3/c1-15(14(21)24,10-3-2-4-11(6-10)16(17,18)19)22-13(23)9-5-12(7-20)25-8-9/h2-6,8H,7,20H2,1H3,(H2,21,24)(H,22,23). The van der Waals surface area contributed by atoms with E-state index in [-0.39, 0.29) is 17.7 Å². The van der Waals surface area contributed by atoms with Crippen molar-refractivity contribution in [2.45, 2.75) is 25.2 Å². The lowest BCUT2D eigenvalue weighted by Crippen LogP contribution is -2.52. The van der Waals surface area contributed by atoms with Crippen molar-refractivity contribution in [2.75, 3.05) is 0 Å². The maximum absolute atomic E-state index is 12.9. The van der Waals surface area contributed by atoms with E-state index in [1.54, 1.807) is 0 Å². The van der Waals surface area contributed by atoms with E-state index < -0.39 is 29.1 Å². The van der Waals surface area contributed by atoms with Crippen LogP contribution >= 0.6 is 0 Å². The molecule has 0 saturated carbocycles. The van der Waals surface area contributed by atoms with Gasteiger partial charge in [0.15, 0.2) is 0 Å². The Morgan fingerprint density at radius 3 is 2.36 bits per heavy atom. The highest BCUT2D eigenvalue weighted by Gasteiger charge is 2.38. The summed E-state index contributed by atoms with van der Waals surface area (Å²) in [5, 5.41) is 2.36.